The van der Waals surface area contributed by atoms with Gasteiger partial charge in [0.15, 0.2) is 0 Å². The van der Waals surface area contributed by atoms with Crippen molar-refractivity contribution >= 4 is 5.82 Å². The number of hydrogen-bond donors (Lipinski definition) is 2. The Morgan fingerprint density at radius 3 is 2.53 bits per heavy atom. The molecule has 5 nitrogen and oxygen atoms in total. The van der Waals surface area contributed by atoms with Crippen molar-refractivity contribution in [3.63, 3.8) is 0 Å². The molecule has 0 aliphatic rings. The molecule has 0 unspecified atom stereocenters. The van der Waals surface area contributed by atoms with E-state index in [1.165, 1.54) is 5.56 Å². The number of nitrogens with one attached hydrogen (secondary N) is 1. The molecule has 0 radical (unpaired) electrons. The molecule has 0 saturated heterocycles. The average molecular weight is 240 g/mol. The van der Waals surface area contributed by atoms with E-state index in [2.05, 4.69) is 10.4 Å². The maximum Gasteiger partial charge on any atom is 0.131 e. The number of aliphatic hydroxyl groups is 1. The topological polar surface area (TPSA) is 53.3 Å². The molecular formula is C12H24N4O. The molecule has 5 heteroatoms. The quantitative estimate of drug-likeness (QED) is 0.793. The van der Waals surface area contributed by atoms with Crippen molar-refractivity contribution < 1.29 is 5.11 Å². The van der Waals surface area contributed by atoms with Crippen molar-refractivity contribution in [2.75, 3.05) is 25.5 Å². The third kappa shape index (κ3) is 3.44. The maximum atomic E-state index is 9.88. The molecule has 0 atom stereocenters. The first-order valence-electron chi connectivity index (χ1n) is 5.87. The van der Waals surface area contributed by atoms with Gasteiger partial charge < -0.3 is 15.3 Å². The third-order valence-corrected chi connectivity index (χ3v) is 2.65. The van der Waals surface area contributed by atoms with Gasteiger partial charge >= 0.3 is 0 Å². The molecule has 0 fully saturated rings. The van der Waals surface area contributed by atoms with Gasteiger partial charge in [0.1, 0.15) is 5.82 Å². The molecule has 2 N–H and O–H groups in total. The van der Waals surface area contributed by atoms with Crippen LogP contribution in [0.3, 0.4) is 0 Å². The van der Waals surface area contributed by atoms with Crippen LogP contribution in [-0.2, 0) is 13.6 Å². The highest BCUT2D eigenvalue weighted by molar-refractivity contribution is 5.49. The second kappa shape index (κ2) is 5.06. The van der Waals surface area contributed by atoms with E-state index in [0.29, 0.717) is 6.54 Å². The van der Waals surface area contributed by atoms with Crippen LogP contribution in [0.2, 0.25) is 0 Å². The molecule has 17 heavy (non-hydrogen) atoms. The van der Waals surface area contributed by atoms with Crippen LogP contribution in [-0.4, -0.2) is 41.1 Å². The number of anilines is 1. The van der Waals surface area contributed by atoms with Gasteiger partial charge in [-0.2, -0.15) is 5.10 Å². The van der Waals surface area contributed by atoms with Crippen molar-refractivity contribution in [3.8, 4) is 0 Å². The summed E-state index contributed by atoms with van der Waals surface area (Å²) in [7, 11) is 5.84. The lowest BCUT2D eigenvalue weighted by molar-refractivity contribution is 0.0883. The fourth-order valence-electron chi connectivity index (χ4n) is 2.21. The van der Waals surface area contributed by atoms with Crippen molar-refractivity contribution in [1.82, 2.24) is 15.1 Å². The van der Waals surface area contributed by atoms with Crippen molar-refractivity contribution in [1.29, 1.82) is 0 Å². The summed E-state index contributed by atoms with van der Waals surface area (Å²) in [5, 5.41) is 17.5. The summed E-state index contributed by atoms with van der Waals surface area (Å²) in [4.78, 5) is 2.05. The van der Waals surface area contributed by atoms with Gasteiger partial charge in [-0.25, -0.2) is 0 Å². The molecule has 0 aromatic carbocycles. The molecule has 0 bridgehead atoms. The minimum Gasteiger partial charge on any atom is -0.389 e. The summed E-state index contributed by atoms with van der Waals surface area (Å²) in [5.74, 6) is 1.05. The summed E-state index contributed by atoms with van der Waals surface area (Å²) in [5.41, 5.74) is 1.49. The highest BCUT2D eigenvalue weighted by Gasteiger charge is 2.21. The smallest absolute Gasteiger partial charge is 0.131 e. The minimum absolute atomic E-state index is 0.572. The molecule has 0 spiro atoms. The maximum absolute atomic E-state index is 9.88. The van der Waals surface area contributed by atoms with Crippen LogP contribution in [0.4, 0.5) is 5.82 Å². The van der Waals surface area contributed by atoms with Gasteiger partial charge in [-0.3, -0.25) is 4.68 Å². The van der Waals surface area contributed by atoms with Gasteiger partial charge in [0, 0.05) is 32.7 Å². The lowest BCUT2D eigenvalue weighted by atomic mass is 10.1. The van der Waals surface area contributed by atoms with Crippen molar-refractivity contribution in [2.24, 2.45) is 7.05 Å². The third-order valence-electron chi connectivity index (χ3n) is 2.65. The molecule has 1 aromatic heterocycles. The summed E-state index contributed by atoms with van der Waals surface area (Å²) >= 11 is 0. The number of aromatic nitrogens is 2. The molecular weight excluding hydrogens is 216 g/mol. The Balaban J connectivity index is 3.03. The fraction of sp³-hybridized carbons (Fsp3) is 0.750. The molecule has 0 amide bonds. The standard InChI is InChI=1S/C12H24N4O/c1-9-10(7-13-4)11(16(6)14-9)15(5)8-12(2,3)17/h13,17H,7-8H2,1-6H3. The van der Waals surface area contributed by atoms with E-state index in [0.717, 1.165) is 18.1 Å². The molecule has 0 aliphatic carbocycles. The highest BCUT2D eigenvalue weighted by atomic mass is 16.3. The van der Waals surface area contributed by atoms with E-state index in [1.807, 2.05) is 51.5 Å². The van der Waals surface area contributed by atoms with E-state index in [9.17, 15) is 5.11 Å². The summed E-state index contributed by atoms with van der Waals surface area (Å²) < 4.78 is 1.87. The second-order valence-corrected chi connectivity index (χ2v) is 5.21. The number of rotatable bonds is 5. The largest absolute Gasteiger partial charge is 0.389 e. The van der Waals surface area contributed by atoms with E-state index in [1.54, 1.807) is 0 Å². The Morgan fingerprint density at radius 1 is 1.47 bits per heavy atom. The molecule has 0 saturated carbocycles. The molecule has 1 rings (SSSR count). The average Bonchev–Trinajstić information content (AvgIpc) is 2.39. The van der Waals surface area contributed by atoms with Crippen LogP contribution >= 0.6 is 0 Å². The summed E-state index contributed by atoms with van der Waals surface area (Å²) in [6.07, 6.45) is 0. The van der Waals surface area contributed by atoms with E-state index >= 15 is 0 Å². The predicted molar refractivity (Wildman–Crippen MR) is 70.3 cm³/mol. The van der Waals surface area contributed by atoms with E-state index in [4.69, 9.17) is 0 Å². The SMILES string of the molecule is CNCc1c(C)nn(C)c1N(C)CC(C)(C)O. The Morgan fingerprint density at radius 2 is 2.06 bits per heavy atom. The van der Waals surface area contributed by atoms with Crippen LogP contribution < -0.4 is 10.2 Å². The van der Waals surface area contributed by atoms with Gasteiger partial charge in [-0.1, -0.05) is 0 Å². The van der Waals surface area contributed by atoms with E-state index in [-0.39, 0.29) is 0 Å². The van der Waals surface area contributed by atoms with Crippen molar-refractivity contribution in [3.05, 3.63) is 11.3 Å². The van der Waals surface area contributed by atoms with Crippen LogP contribution in [0.1, 0.15) is 25.1 Å². The molecule has 1 heterocycles. The van der Waals surface area contributed by atoms with Gasteiger partial charge in [0.25, 0.3) is 0 Å². The summed E-state index contributed by atoms with van der Waals surface area (Å²) in [6.45, 7) is 6.98. The van der Waals surface area contributed by atoms with Gasteiger partial charge in [0.2, 0.25) is 0 Å². The minimum atomic E-state index is -0.718. The summed E-state index contributed by atoms with van der Waals surface area (Å²) in [6, 6.07) is 0. The zero-order chi connectivity index (χ0) is 13.2. The first kappa shape index (κ1) is 14.0. The molecule has 1 aromatic rings. The van der Waals surface area contributed by atoms with Crippen LogP contribution in [0.15, 0.2) is 0 Å². The Bertz CT molecular complexity index is 379. The van der Waals surface area contributed by atoms with Crippen LogP contribution in [0.25, 0.3) is 0 Å². The first-order valence-corrected chi connectivity index (χ1v) is 5.87. The lowest BCUT2D eigenvalue weighted by Gasteiger charge is -2.28. The lowest BCUT2D eigenvalue weighted by Crippen LogP contribution is -2.37. The Kier molecular flexibility index (Phi) is 4.16. The molecule has 98 valence electrons. The predicted octanol–water partition coefficient (Wildman–Crippen LogP) is 0.655. The van der Waals surface area contributed by atoms with Gasteiger partial charge in [0.05, 0.1) is 11.3 Å². The zero-order valence-electron chi connectivity index (χ0n) is 11.7. The number of hydrogen-bond acceptors (Lipinski definition) is 4. The number of likely N-dealkylation sites (N-methyl/N-ethyl adjacent to an activating group) is 1. The second-order valence-electron chi connectivity index (χ2n) is 5.21. The van der Waals surface area contributed by atoms with Crippen molar-refractivity contribution in [2.45, 2.75) is 32.9 Å². The Labute approximate surface area is 103 Å². The monoisotopic (exact) mass is 240 g/mol. The molecule has 0 aliphatic heterocycles. The van der Waals surface area contributed by atoms with Gasteiger partial charge in [-0.05, 0) is 27.8 Å². The number of nitrogens with zero attached hydrogens (tertiary/aromatic N) is 3. The first-order chi connectivity index (χ1) is 7.76. The van der Waals surface area contributed by atoms with Gasteiger partial charge in [-0.15, -0.1) is 0 Å². The Hall–Kier alpha value is -1.07. The van der Waals surface area contributed by atoms with Crippen LogP contribution in [0, 0.1) is 6.92 Å². The van der Waals surface area contributed by atoms with Crippen LogP contribution in [0.5, 0.6) is 0 Å². The fourth-order valence-corrected chi connectivity index (χ4v) is 2.21. The highest BCUT2D eigenvalue weighted by Crippen LogP contribution is 2.23. The zero-order valence-corrected chi connectivity index (χ0v) is 11.7. The number of aryl methyl sites for hydroxylation is 2. The normalized spacial score (nSPS) is 11.9. The van der Waals surface area contributed by atoms with E-state index < -0.39 is 5.60 Å².